The summed E-state index contributed by atoms with van der Waals surface area (Å²) in [5.74, 6) is 0. The van der Waals surface area contributed by atoms with Crippen LogP contribution in [0.4, 0.5) is 0 Å². The highest BCUT2D eigenvalue weighted by molar-refractivity contribution is 6.32. The molecule has 1 aliphatic carbocycles. The van der Waals surface area contributed by atoms with Crippen molar-refractivity contribution in [3.8, 4) is 0 Å². The molecule has 0 saturated heterocycles. The van der Waals surface area contributed by atoms with Gasteiger partial charge >= 0.3 is 0 Å². The first kappa shape index (κ1) is 10.2. The number of fused-ring (bicyclic) bond motifs is 1. The third-order valence-electron chi connectivity index (χ3n) is 2.61. The minimum atomic E-state index is 0.273. The Morgan fingerprint density at radius 3 is 2.36 bits per heavy atom. The van der Waals surface area contributed by atoms with Gasteiger partial charge in [-0.3, -0.25) is 0 Å². The molecule has 0 aliphatic heterocycles. The quantitative estimate of drug-likeness (QED) is 0.504. The third kappa shape index (κ3) is 2.18. The van der Waals surface area contributed by atoms with Gasteiger partial charge in [-0.1, -0.05) is 24.4 Å². The fraction of sp³-hybridized carbons (Fsp3) is 0.600. The summed E-state index contributed by atoms with van der Waals surface area (Å²) >= 11 is 11.8. The zero-order chi connectivity index (χ0) is 9.97. The molecule has 1 aromatic rings. The molecule has 0 atom stereocenters. The summed E-state index contributed by atoms with van der Waals surface area (Å²) < 4.78 is 0. The summed E-state index contributed by atoms with van der Waals surface area (Å²) in [6.07, 6.45) is 6.88. The molecule has 2 nitrogen and oxygen atoms in total. The molecule has 0 unspecified atom stereocenters. The summed E-state index contributed by atoms with van der Waals surface area (Å²) in [7, 11) is 0. The average Bonchev–Trinajstić information content (AvgIpc) is 2.07. The van der Waals surface area contributed by atoms with E-state index in [1.54, 1.807) is 0 Å². The lowest BCUT2D eigenvalue weighted by Crippen LogP contribution is -2.05. The first-order valence-electron chi connectivity index (χ1n) is 4.98. The molecule has 0 saturated carbocycles. The van der Waals surface area contributed by atoms with Crippen LogP contribution in [0.1, 0.15) is 36.9 Å². The summed E-state index contributed by atoms with van der Waals surface area (Å²) in [6, 6.07) is 0. The second kappa shape index (κ2) is 4.45. The lowest BCUT2D eigenvalue weighted by atomic mass is 9.98. The van der Waals surface area contributed by atoms with Crippen molar-refractivity contribution >= 4 is 23.2 Å². The summed E-state index contributed by atoms with van der Waals surface area (Å²) in [6.45, 7) is 0. The molecule has 1 heterocycles. The van der Waals surface area contributed by atoms with Crippen LogP contribution in [0.15, 0.2) is 0 Å². The van der Waals surface area contributed by atoms with Gasteiger partial charge in [0.15, 0.2) is 0 Å². The monoisotopic (exact) mass is 230 g/mol. The highest BCUT2D eigenvalue weighted by Crippen LogP contribution is 2.25. The number of nitrogens with zero attached hydrogens (tertiary/aromatic N) is 2. The van der Waals surface area contributed by atoms with E-state index < -0.39 is 0 Å². The van der Waals surface area contributed by atoms with Crippen LogP contribution in [-0.4, -0.2) is 9.97 Å². The van der Waals surface area contributed by atoms with Gasteiger partial charge in [-0.15, -0.1) is 0 Å². The van der Waals surface area contributed by atoms with Gasteiger partial charge in [-0.05, 0) is 37.3 Å². The lowest BCUT2D eigenvalue weighted by Gasteiger charge is -2.13. The van der Waals surface area contributed by atoms with Gasteiger partial charge in [0.1, 0.15) is 5.15 Å². The standard InChI is InChI=1S/C10H12Cl2N2/c11-9-7-5-3-1-2-4-6-8(7)13-10(12)14-9/h1-6H2. The van der Waals surface area contributed by atoms with Crippen LogP contribution in [0.5, 0.6) is 0 Å². The Kier molecular flexibility index (Phi) is 3.24. The van der Waals surface area contributed by atoms with Gasteiger partial charge in [0.2, 0.25) is 5.28 Å². The maximum Gasteiger partial charge on any atom is 0.224 e. The Hall–Kier alpha value is -0.340. The zero-order valence-electron chi connectivity index (χ0n) is 7.89. The molecule has 0 aromatic carbocycles. The molecule has 0 bridgehead atoms. The second-order valence-corrected chi connectivity index (χ2v) is 4.32. The second-order valence-electron chi connectivity index (χ2n) is 3.62. The molecule has 14 heavy (non-hydrogen) atoms. The van der Waals surface area contributed by atoms with Crippen molar-refractivity contribution < 1.29 is 0 Å². The van der Waals surface area contributed by atoms with E-state index in [-0.39, 0.29) is 5.28 Å². The van der Waals surface area contributed by atoms with Crippen molar-refractivity contribution in [2.45, 2.75) is 38.5 Å². The smallest absolute Gasteiger partial charge is 0.223 e. The molecule has 76 valence electrons. The average molecular weight is 231 g/mol. The van der Waals surface area contributed by atoms with Crippen LogP contribution in [0.2, 0.25) is 10.4 Å². The number of hydrogen-bond acceptors (Lipinski definition) is 2. The molecule has 1 aliphatic rings. The molecular weight excluding hydrogens is 219 g/mol. The highest BCUT2D eigenvalue weighted by Gasteiger charge is 2.13. The third-order valence-corrected chi connectivity index (χ3v) is 3.09. The molecule has 0 spiro atoms. The van der Waals surface area contributed by atoms with E-state index >= 15 is 0 Å². The zero-order valence-corrected chi connectivity index (χ0v) is 9.40. The van der Waals surface area contributed by atoms with Crippen molar-refractivity contribution in [1.29, 1.82) is 0 Å². The van der Waals surface area contributed by atoms with Crippen molar-refractivity contribution in [2.75, 3.05) is 0 Å². The van der Waals surface area contributed by atoms with Crippen LogP contribution < -0.4 is 0 Å². The topological polar surface area (TPSA) is 25.8 Å². The fourth-order valence-electron chi connectivity index (χ4n) is 1.87. The van der Waals surface area contributed by atoms with Gasteiger partial charge < -0.3 is 0 Å². The summed E-state index contributed by atoms with van der Waals surface area (Å²) in [5, 5.41) is 0.816. The SMILES string of the molecule is Clc1nc(Cl)c2c(n1)CCCCCC2. The molecule has 2 rings (SSSR count). The van der Waals surface area contributed by atoms with E-state index in [1.807, 2.05) is 0 Å². The first-order chi connectivity index (χ1) is 6.77. The van der Waals surface area contributed by atoms with Crippen molar-refractivity contribution in [2.24, 2.45) is 0 Å². The molecule has 4 heteroatoms. The van der Waals surface area contributed by atoms with Gasteiger partial charge in [0, 0.05) is 5.56 Å². The molecule has 0 amide bonds. The van der Waals surface area contributed by atoms with Crippen LogP contribution >= 0.6 is 23.2 Å². The van der Waals surface area contributed by atoms with E-state index in [4.69, 9.17) is 23.2 Å². The first-order valence-corrected chi connectivity index (χ1v) is 5.74. The van der Waals surface area contributed by atoms with E-state index in [1.165, 1.54) is 25.7 Å². The van der Waals surface area contributed by atoms with Crippen LogP contribution in [-0.2, 0) is 12.8 Å². The Morgan fingerprint density at radius 1 is 0.857 bits per heavy atom. The van der Waals surface area contributed by atoms with E-state index in [0.717, 1.165) is 24.1 Å². The van der Waals surface area contributed by atoms with Crippen molar-refractivity contribution in [3.63, 3.8) is 0 Å². The van der Waals surface area contributed by atoms with Gasteiger partial charge in [-0.25, -0.2) is 9.97 Å². The summed E-state index contributed by atoms with van der Waals surface area (Å²) in [5.41, 5.74) is 2.16. The Bertz CT molecular complexity index is 339. The molecular formula is C10H12Cl2N2. The predicted molar refractivity (Wildman–Crippen MR) is 57.9 cm³/mol. The minimum Gasteiger partial charge on any atom is -0.223 e. The van der Waals surface area contributed by atoms with Gasteiger partial charge in [0.25, 0.3) is 0 Å². The van der Waals surface area contributed by atoms with E-state index in [2.05, 4.69) is 9.97 Å². The summed E-state index contributed by atoms with van der Waals surface area (Å²) in [4.78, 5) is 8.23. The van der Waals surface area contributed by atoms with Crippen LogP contribution in [0, 0.1) is 0 Å². The lowest BCUT2D eigenvalue weighted by molar-refractivity contribution is 0.606. The van der Waals surface area contributed by atoms with Crippen molar-refractivity contribution in [3.05, 3.63) is 21.7 Å². The molecule has 0 radical (unpaired) electrons. The van der Waals surface area contributed by atoms with Crippen molar-refractivity contribution in [1.82, 2.24) is 9.97 Å². The normalized spacial score (nSPS) is 17.0. The maximum atomic E-state index is 6.04. The maximum absolute atomic E-state index is 6.04. The minimum absolute atomic E-state index is 0.273. The van der Waals surface area contributed by atoms with E-state index in [0.29, 0.717) is 5.15 Å². The Morgan fingerprint density at radius 2 is 1.57 bits per heavy atom. The number of halogens is 2. The number of aryl methyl sites for hydroxylation is 1. The number of rotatable bonds is 0. The van der Waals surface area contributed by atoms with Gasteiger partial charge in [-0.2, -0.15) is 0 Å². The van der Waals surface area contributed by atoms with Crippen LogP contribution in [0.3, 0.4) is 0 Å². The van der Waals surface area contributed by atoms with Crippen LogP contribution in [0.25, 0.3) is 0 Å². The molecule has 1 aromatic heterocycles. The highest BCUT2D eigenvalue weighted by atomic mass is 35.5. The Labute approximate surface area is 93.7 Å². The Balaban J connectivity index is 2.39. The fourth-order valence-corrected chi connectivity index (χ4v) is 2.39. The number of aromatic nitrogens is 2. The molecule has 0 fully saturated rings. The largest absolute Gasteiger partial charge is 0.224 e. The van der Waals surface area contributed by atoms with E-state index in [9.17, 15) is 0 Å². The molecule has 0 N–H and O–H groups in total. The number of hydrogen-bond donors (Lipinski definition) is 0. The predicted octanol–water partition coefficient (Wildman–Crippen LogP) is 3.44. The van der Waals surface area contributed by atoms with Gasteiger partial charge in [0.05, 0.1) is 5.69 Å².